The van der Waals surface area contributed by atoms with Crippen LogP contribution in [0.1, 0.15) is 18.0 Å². The number of benzene rings is 2. The van der Waals surface area contributed by atoms with Gasteiger partial charge in [0.1, 0.15) is 17.6 Å². The molecule has 1 fully saturated rings. The van der Waals surface area contributed by atoms with Crippen molar-refractivity contribution in [1.29, 1.82) is 0 Å². The maximum Gasteiger partial charge on any atom is 0.247 e. The Morgan fingerprint density at radius 1 is 1.16 bits per heavy atom. The third-order valence-electron chi connectivity index (χ3n) is 4.06. The monoisotopic (exact) mass is 342 g/mol. The first-order valence-electron chi connectivity index (χ1n) is 8.16. The second-order valence-corrected chi connectivity index (χ2v) is 5.71. The van der Waals surface area contributed by atoms with Crippen LogP contribution in [0.15, 0.2) is 54.6 Å². The van der Waals surface area contributed by atoms with E-state index in [9.17, 15) is 14.0 Å². The van der Waals surface area contributed by atoms with Crippen molar-refractivity contribution in [2.75, 3.05) is 19.7 Å². The number of piperazine rings is 1. The molecule has 1 heterocycles. The SMILES string of the molecule is O=C1NCCN(C(=O)CCOc2ccccc2)C1c1ccccc1F. The van der Waals surface area contributed by atoms with Crippen LogP contribution in [0.5, 0.6) is 5.75 Å². The average Bonchev–Trinajstić information content (AvgIpc) is 2.63. The predicted molar refractivity (Wildman–Crippen MR) is 90.4 cm³/mol. The van der Waals surface area contributed by atoms with Gasteiger partial charge in [-0.3, -0.25) is 9.59 Å². The van der Waals surface area contributed by atoms with Crippen molar-refractivity contribution in [2.45, 2.75) is 12.5 Å². The molecular weight excluding hydrogens is 323 g/mol. The molecule has 2 amide bonds. The minimum absolute atomic E-state index is 0.118. The summed E-state index contributed by atoms with van der Waals surface area (Å²) in [5, 5.41) is 2.69. The molecule has 0 radical (unpaired) electrons. The molecule has 6 heteroatoms. The minimum atomic E-state index is -0.945. The summed E-state index contributed by atoms with van der Waals surface area (Å²) in [6.07, 6.45) is 0.118. The lowest BCUT2D eigenvalue weighted by Crippen LogP contribution is -2.52. The van der Waals surface area contributed by atoms with Crippen LogP contribution < -0.4 is 10.1 Å². The Bertz CT molecular complexity index is 751. The van der Waals surface area contributed by atoms with Gasteiger partial charge in [-0.25, -0.2) is 4.39 Å². The second-order valence-electron chi connectivity index (χ2n) is 5.71. The summed E-state index contributed by atoms with van der Waals surface area (Å²) in [4.78, 5) is 26.2. The third-order valence-corrected chi connectivity index (χ3v) is 4.06. The second kappa shape index (κ2) is 7.79. The van der Waals surface area contributed by atoms with Gasteiger partial charge in [0.05, 0.1) is 13.0 Å². The molecule has 2 aromatic carbocycles. The molecule has 0 spiro atoms. The van der Waals surface area contributed by atoms with Gasteiger partial charge >= 0.3 is 0 Å². The van der Waals surface area contributed by atoms with Crippen LogP contribution in [0, 0.1) is 5.82 Å². The molecule has 1 saturated heterocycles. The average molecular weight is 342 g/mol. The fourth-order valence-corrected chi connectivity index (χ4v) is 2.86. The number of hydrogen-bond donors (Lipinski definition) is 1. The van der Waals surface area contributed by atoms with Crippen molar-refractivity contribution in [2.24, 2.45) is 0 Å². The summed E-state index contributed by atoms with van der Waals surface area (Å²) in [6, 6.07) is 14.3. The van der Waals surface area contributed by atoms with Crippen LogP contribution in [-0.4, -0.2) is 36.4 Å². The highest BCUT2D eigenvalue weighted by Crippen LogP contribution is 2.26. The van der Waals surface area contributed by atoms with E-state index in [4.69, 9.17) is 4.74 Å². The van der Waals surface area contributed by atoms with Crippen LogP contribution >= 0.6 is 0 Å². The van der Waals surface area contributed by atoms with Gasteiger partial charge in [-0.1, -0.05) is 36.4 Å². The Kier molecular flexibility index (Phi) is 5.28. The van der Waals surface area contributed by atoms with Gasteiger partial charge < -0.3 is 15.0 Å². The van der Waals surface area contributed by atoms with Crippen molar-refractivity contribution in [3.8, 4) is 5.75 Å². The Labute approximate surface area is 145 Å². The number of halogens is 1. The number of ether oxygens (including phenoxy) is 1. The standard InChI is InChI=1S/C19H19FN2O3/c20-16-9-5-4-8-15(16)18-19(24)21-11-12-22(18)17(23)10-13-25-14-6-2-1-3-7-14/h1-9,18H,10-13H2,(H,21,24). The summed E-state index contributed by atoms with van der Waals surface area (Å²) in [5.41, 5.74) is 0.206. The number of hydrogen-bond acceptors (Lipinski definition) is 3. The molecule has 1 unspecified atom stereocenters. The summed E-state index contributed by atoms with van der Waals surface area (Å²) in [5.74, 6) is -0.423. The number of nitrogens with one attached hydrogen (secondary N) is 1. The zero-order valence-electron chi connectivity index (χ0n) is 13.7. The first-order valence-corrected chi connectivity index (χ1v) is 8.16. The lowest BCUT2D eigenvalue weighted by Gasteiger charge is -2.35. The van der Waals surface area contributed by atoms with E-state index in [1.807, 2.05) is 18.2 Å². The molecule has 25 heavy (non-hydrogen) atoms. The quantitative estimate of drug-likeness (QED) is 0.907. The number of amides is 2. The smallest absolute Gasteiger partial charge is 0.247 e. The van der Waals surface area contributed by atoms with Gasteiger partial charge in [0.15, 0.2) is 0 Å². The first kappa shape index (κ1) is 17.0. The van der Waals surface area contributed by atoms with Crippen LogP contribution in [0.2, 0.25) is 0 Å². The molecule has 2 aromatic rings. The summed E-state index contributed by atoms with van der Waals surface area (Å²) in [6.45, 7) is 0.898. The van der Waals surface area contributed by atoms with E-state index in [0.717, 1.165) is 0 Å². The maximum atomic E-state index is 14.1. The zero-order valence-corrected chi connectivity index (χ0v) is 13.7. The van der Waals surface area contributed by atoms with Crippen LogP contribution in [0.3, 0.4) is 0 Å². The summed E-state index contributed by atoms with van der Waals surface area (Å²) < 4.78 is 19.7. The Morgan fingerprint density at radius 2 is 1.88 bits per heavy atom. The molecule has 3 rings (SSSR count). The highest BCUT2D eigenvalue weighted by atomic mass is 19.1. The Balaban J connectivity index is 1.69. The van der Waals surface area contributed by atoms with E-state index in [1.54, 1.807) is 24.3 Å². The number of para-hydroxylation sites is 1. The maximum absolute atomic E-state index is 14.1. The molecule has 130 valence electrons. The van der Waals surface area contributed by atoms with E-state index in [0.29, 0.717) is 18.8 Å². The van der Waals surface area contributed by atoms with Gasteiger partial charge in [0, 0.05) is 18.7 Å². The van der Waals surface area contributed by atoms with E-state index in [2.05, 4.69) is 5.32 Å². The van der Waals surface area contributed by atoms with Crippen LogP contribution in [0.25, 0.3) is 0 Å². The fourth-order valence-electron chi connectivity index (χ4n) is 2.86. The zero-order chi connectivity index (χ0) is 17.6. The number of rotatable bonds is 5. The van der Waals surface area contributed by atoms with Gasteiger partial charge in [-0.15, -0.1) is 0 Å². The molecule has 1 atom stereocenters. The molecule has 0 aromatic heterocycles. The van der Waals surface area contributed by atoms with Gasteiger partial charge in [-0.05, 0) is 18.2 Å². The van der Waals surface area contributed by atoms with Crippen LogP contribution in [-0.2, 0) is 9.59 Å². The molecule has 1 N–H and O–H groups in total. The highest BCUT2D eigenvalue weighted by Gasteiger charge is 2.35. The Hall–Kier alpha value is -2.89. The van der Waals surface area contributed by atoms with Gasteiger partial charge in [0.25, 0.3) is 0 Å². The summed E-state index contributed by atoms with van der Waals surface area (Å²) >= 11 is 0. The van der Waals surface area contributed by atoms with Gasteiger partial charge in [0.2, 0.25) is 11.8 Å². The molecule has 0 saturated carbocycles. The molecule has 1 aliphatic rings. The van der Waals surface area contributed by atoms with Crippen molar-refractivity contribution in [1.82, 2.24) is 10.2 Å². The lowest BCUT2D eigenvalue weighted by atomic mass is 10.0. The minimum Gasteiger partial charge on any atom is -0.493 e. The van der Waals surface area contributed by atoms with E-state index < -0.39 is 11.9 Å². The van der Waals surface area contributed by atoms with Gasteiger partial charge in [-0.2, -0.15) is 0 Å². The predicted octanol–water partition coefficient (Wildman–Crippen LogP) is 2.29. The Morgan fingerprint density at radius 3 is 2.64 bits per heavy atom. The molecule has 0 aliphatic carbocycles. The van der Waals surface area contributed by atoms with Crippen molar-refractivity contribution >= 4 is 11.8 Å². The largest absolute Gasteiger partial charge is 0.493 e. The molecule has 0 bridgehead atoms. The van der Waals surface area contributed by atoms with Crippen molar-refractivity contribution in [3.05, 3.63) is 66.0 Å². The molecule has 5 nitrogen and oxygen atoms in total. The highest BCUT2D eigenvalue weighted by molar-refractivity contribution is 5.89. The van der Waals surface area contributed by atoms with E-state index in [-0.39, 0.29) is 30.4 Å². The number of nitrogens with zero attached hydrogens (tertiary/aromatic N) is 1. The van der Waals surface area contributed by atoms with Crippen molar-refractivity contribution < 1.29 is 18.7 Å². The third kappa shape index (κ3) is 3.96. The number of carbonyl (C=O) groups excluding carboxylic acids is 2. The number of carbonyl (C=O) groups is 2. The fraction of sp³-hybridized carbons (Fsp3) is 0.263. The molecular formula is C19H19FN2O3. The first-order chi connectivity index (χ1) is 12.2. The van der Waals surface area contributed by atoms with Crippen LogP contribution in [0.4, 0.5) is 4.39 Å². The topological polar surface area (TPSA) is 58.6 Å². The normalized spacial score (nSPS) is 17.1. The van der Waals surface area contributed by atoms with E-state index >= 15 is 0 Å². The lowest BCUT2D eigenvalue weighted by molar-refractivity contribution is -0.144. The summed E-state index contributed by atoms with van der Waals surface area (Å²) in [7, 11) is 0. The van der Waals surface area contributed by atoms with Crippen molar-refractivity contribution in [3.63, 3.8) is 0 Å². The van der Waals surface area contributed by atoms with E-state index in [1.165, 1.54) is 17.0 Å². The molecule has 1 aliphatic heterocycles.